The molecule has 1 fully saturated rings. The summed E-state index contributed by atoms with van der Waals surface area (Å²) in [4.78, 5) is 0. The molecule has 1 aliphatic rings. The van der Waals surface area contributed by atoms with E-state index >= 15 is 0 Å². The highest BCUT2D eigenvalue weighted by molar-refractivity contribution is 4.93. The molecule has 0 aliphatic heterocycles. The van der Waals surface area contributed by atoms with Gasteiger partial charge in [0, 0.05) is 18.5 Å². The first-order valence-electron chi connectivity index (χ1n) is 6.93. The molecule has 1 aliphatic carbocycles. The van der Waals surface area contributed by atoms with Crippen molar-refractivity contribution in [3.05, 3.63) is 12.2 Å². The maximum absolute atomic E-state index is 4.29. The van der Waals surface area contributed by atoms with E-state index in [1.165, 1.54) is 32.1 Å². The predicted octanol–water partition coefficient (Wildman–Crippen LogP) is 2.32. The predicted molar refractivity (Wildman–Crippen MR) is 69.0 cm³/mol. The van der Waals surface area contributed by atoms with E-state index in [-0.39, 0.29) is 0 Å². The molecule has 0 saturated heterocycles. The summed E-state index contributed by atoms with van der Waals surface area (Å²) in [5.41, 5.74) is 0. The van der Waals surface area contributed by atoms with Crippen molar-refractivity contribution in [2.45, 2.75) is 64.5 Å². The maximum Gasteiger partial charge on any atom is 0.134 e. The Morgan fingerprint density at radius 1 is 1.41 bits per heavy atom. The Morgan fingerprint density at radius 3 is 2.88 bits per heavy atom. The van der Waals surface area contributed by atoms with Crippen molar-refractivity contribution >= 4 is 0 Å². The number of nitrogens with one attached hydrogen (secondary N) is 1. The third-order valence-corrected chi connectivity index (χ3v) is 3.66. The first kappa shape index (κ1) is 12.6. The lowest BCUT2D eigenvalue weighted by molar-refractivity contribution is 0.342. The van der Waals surface area contributed by atoms with Gasteiger partial charge in [-0.15, -0.1) is 10.2 Å². The van der Waals surface area contributed by atoms with E-state index in [0.717, 1.165) is 18.8 Å². The molecule has 0 aromatic carbocycles. The third-order valence-electron chi connectivity index (χ3n) is 3.66. The zero-order valence-electron chi connectivity index (χ0n) is 11.0. The smallest absolute Gasteiger partial charge is 0.134 e. The molecule has 1 atom stereocenters. The fourth-order valence-electron chi connectivity index (χ4n) is 2.77. The Kier molecular flexibility index (Phi) is 4.54. The molecule has 1 saturated carbocycles. The molecule has 0 amide bonds. The molecule has 0 radical (unpaired) electrons. The van der Waals surface area contributed by atoms with Gasteiger partial charge in [0.2, 0.25) is 0 Å². The van der Waals surface area contributed by atoms with Crippen LogP contribution in [0.15, 0.2) is 6.33 Å². The molecule has 0 bridgehead atoms. The van der Waals surface area contributed by atoms with Gasteiger partial charge in [0.25, 0.3) is 0 Å². The maximum atomic E-state index is 4.29. The van der Waals surface area contributed by atoms with Crippen molar-refractivity contribution in [3.63, 3.8) is 0 Å². The summed E-state index contributed by atoms with van der Waals surface area (Å²) in [6.07, 6.45) is 9.58. The van der Waals surface area contributed by atoms with E-state index in [9.17, 15) is 0 Å². The van der Waals surface area contributed by atoms with Crippen LogP contribution in [0.3, 0.4) is 0 Å². The second-order valence-corrected chi connectivity index (χ2v) is 5.11. The fraction of sp³-hybridized carbons (Fsp3) is 0.846. The Labute approximate surface area is 104 Å². The normalized spacial score (nSPS) is 19.4. The quantitative estimate of drug-likeness (QED) is 0.853. The minimum atomic E-state index is 0.478. The van der Waals surface area contributed by atoms with Crippen molar-refractivity contribution in [1.29, 1.82) is 0 Å². The summed E-state index contributed by atoms with van der Waals surface area (Å²) < 4.78 is 2.31. The van der Waals surface area contributed by atoms with Gasteiger partial charge in [-0.2, -0.15) is 0 Å². The Morgan fingerprint density at radius 2 is 2.18 bits per heavy atom. The molecule has 2 rings (SSSR count). The molecular formula is C13H24N4. The molecule has 1 N–H and O–H groups in total. The first-order chi connectivity index (χ1) is 8.31. The van der Waals surface area contributed by atoms with Gasteiger partial charge in [0.15, 0.2) is 0 Å². The molecule has 4 nitrogen and oxygen atoms in total. The van der Waals surface area contributed by atoms with Crippen molar-refractivity contribution in [1.82, 2.24) is 20.1 Å². The molecule has 96 valence electrons. The van der Waals surface area contributed by atoms with Gasteiger partial charge in [-0.05, 0) is 26.3 Å². The number of likely N-dealkylation sites (N-methyl/N-ethyl adjacent to an activating group) is 1. The Hall–Kier alpha value is -0.900. The van der Waals surface area contributed by atoms with E-state index in [1.807, 2.05) is 6.33 Å². The SMILES string of the molecule is CCNC(C)Cc1nncn1C1CCCCC1. The summed E-state index contributed by atoms with van der Waals surface area (Å²) in [6.45, 7) is 5.37. The molecule has 0 spiro atoms. The van der Waals surface area contributed by atoms with Gasteiger partial charge in [0.1, 0.15) is 12.2 Å². The molecule has 1 heterocycles. The summed E-state index contributed by atoms with van der Waals surface area (Å²) >= 11 is 0. The number of rotatable bonds is 5. The monoisotopic (exact) mass is 236 g/mol. The molecular weight excluding hydrogens is 212 g/mol. The second kappa shape index (κ2) is 6.15. The zero-order chi connectivity index (χ0) is 12.1. The summed E-state index contributed by atoms with van der Waals surface area (Å²) in [5.74, 6) is 1.14. The lowest BCUT2D eigenvalue weighted by atomic mass is 9.95. The number of nitrogens with zero attached hydrogens (tertiary/aromatic N) is 3. The van der Waals surface area contributed by atoms with Crippen LogP contribution in [0.2, 0.25) is 0 Å². The van der Waals surface area contributed by atoms with Crippen molar-refractivity contribution < 1.29 is 0 Å². The zero-order valence-corrected chi connectivity index (χ0v) is 11.0. The molecule has 17 heavy (non-hydrogen) atoms. The Balaban J connectivity index is 2.00. The van der Waals surface area contributed by atoms with Crippen molar-refractivity contribution in [2.24, 2.45) is 0 Å². The van der Waals surface area contributed by atoms with Gasteiger partial charge in [-0.1, -0.05) is 26.2 Å². The summed E-state index contributed by atoms with van der Waals surface area (Å²) in [6, 6.07) is 1.12. The van der Waals surface area contributed by atoms with Gasteiger partial charge in [-0.3, -0.25) is 0 Å². The highest BCUT2D eigenvalue weighted by Crippen LogP contribution is 2.28. The van der Waals surface area contributed by atoms with Gasteiger partial charge < -0.3 is 9.88 Å². The Bertz CT molecular complexity index is 328. The lowest BCUT2D eigenvalue weighted by Gasteiger charge is -2.24. The van der Waals surface area contributed by atoms with Crippen LogP contribution < -0.4 is 5.32 Å². The molecule has 4 heteroatoms. The minimum absolute atomic E-state index is 0.478. The van der Waals surface area contributed by atoms with Gasteiger partial charge in [0.05, 0.1) is 0 Å². The standard InChI is InChI=1S/C13H24N4/c1-3-14-11(2)9-13-16-15-10-17(13)12-7-5-4-6-8-12/h10-12,14H,3-9H2,1-2H3. The van der Waals surface area contributed by atoms with Crippen LogP contribution in [0.4, 0.5) is 0 Å². The van der Waals surface area contributed by atoms with Crippen LogP contribution in [-0.4, -0.2) is 27.4 Å². The number of hydrogen-bond donors (Lipinski definition) is 1. The summed E-state index contributed by atoms with van der Waals surface area (Å²) in [7, 11) is 0. The molecule has 1 unspecified atom stereocenters. The molecule has 1 aromatic rings. The van der Waals surface area contributed by atoms with E-state index in [4.69, 9.17) is 0 Å². The van der Waals surface area contributed by atoms with E-state index in [0.29, 0.717) is 12.1 Å². The van der Waals surface area contributed by atoms with E-state index < -0.39 is 0 Å². The highest BCUT2D eigenvalue weighted by atomic mass is 15.3. The van der Waals surface area contributed by atoms with Crippen molar-refractivity contribution in [3.8, 4) is 0 Å². The van der Waals surface area contributed by atoms with Crippen LogP contribution in [0.1, 0.15) is 57.8 Å². The van der Waals surface area contributed by atoms with E-state index in [1.54, 1.807) is 0 Å². The van der Waals surface area contributed by atoms with Crippen molar-refractivity contribution in [2.75, 3.05) is 6.54 Å². The number of aromatic nitrogens is 3. The minimum Gasteiger partial charge on any atom is -0.314 e. The van der Waals surface area contributed by atoms with Gasteiger partial charge >= 0.3 is 0 Å². The van der Waals surface area contributed by atoms with E-state index in [2.05, 4.69) is 33.9 Å². The topological polar surface area (TPSA) is 42.7 Å². The second-order valence-electron chi connectivity index (χ2n) is 5.11. The fourth-order valence-corrected chi connectivity index (χ4v) is 2.77. The van der Waals surface area contributed by atoms with Crippen LogP contribution in [0.25, 0.3) is 0 Å². The van der Waals surface area contributed by atoms with Crippen LogP contribution >= 0.6 is 0 Å². The highest BCUT2D eigenvalue weighted by Gasteiger charge is 2.19. The van der Waals surface area contributed by atoms with Crippen LogP contribution in [0, 0.1) is 0 Å². The average Bonchev–Trinajstić information content (AvgIpc) is 2.78. The number of hydrogen-bond acceptors (Lipinski definition) is 3. The van der Waals surface area contributed by atoms with Crippen LogP contribution in [-0.2, 0) is 6.42 Å². The van der Waals surface area contributed by atoms with Crippen LogP contribution in [0.5, 0.6) is 0 Å². The lowest BCUT2D eigenvalue weighted by Crippen LogP contribution is -2.29. The largest absolute Gasteiger partial charge is 0.314 e. The first-order valence-corrected chi connectivity index (χ1v) is 6.93. The third kappa shape index (κ3) is 3.28. The van der Waals surface area contributed by atoms with Gasteiger partial charge in [-0.25, -0.2) is 0 Å². The summed E-state index contributed by atoms with van der Waals surface area (Å²) in [5, 5.41) is 11.8. The average molecular weight is 236 g/mol. The molecule has 1 aromatic heterocycles.